The Morgan fingerprint density at radius 2 is 1.81 bits per heavy atom. The van der Waals surface area contributed by atoms with Gasteiger partial charge in [-0.3, -0.25) is 9.69 Å². The van der Waals surface area contributed by atoms with Gasteiger partial charge < -0.3 is 9.47 Å². The SMILES string of the molecule is O=C1/C(=C\c2ccc(I)cc2)OCN1C1COC(c2c(F)cccc2F)=N1. The third-order valence-electron chi connectivity index (χ3n) is 4.17. The topological polar surface area (TPSA) is 51.1 Å². The number of carbonyl (C=O) groups excluding carboxylic acids is 1. The van der Waals surface area contributed by atoms with Gasteiger partial charge in [-0.2, -0.15) is 0 Å². The van der Waals surface area contributed by atoms with Gasteiger partial charge in [0.15, 0.2) is 18.7 Å². The van der Waals surface area contributed by atoms with Gasteiger partial charge in [-0.25, -0.2) is 13.8 Å². The minimum absolute atomic E-state index is 0.000401. The van der Waals surface area contributed by atoms with E-state index in [9.17, 15) is 13.6 Å². The minimum Gasteiger partial charge on any atom is -0.473 e. The van der Waals surface area contributed by atoms with Crippen LogP contribution in [0.4, 0.5) is 8.78 Å². The van der Waals surface area contributed by atoms with Crippen LogP contribution in [-0.4, -0.2) is 36.2 Å². The van der Waals surface area contributed by atoms with Crippen LogP contribution in [0.1, 0.15) is 11.1 Å². The molecule has 27 heavy (non-hydrogen) atoms. The lowest BCUT2D eigenvalue weighted by atomic mass is 10.2. The molecule has 1 saturated heterocycles. The number of hydrogen-bond acceptors (Lipinski definition) is 4. The van der Waals surface area contributed by atoms with Crippen LogP contribution in [0.25, 0.3) is 6.08 Å². The number of carbonyl (C=O) groups is 1. The van der Waals surface area contributed by atoms with E-state index >= 15 is 0 Å². The Kier molecular flexibility index (Phi) is 4.81. The molecule has 0 radical (unpaired) electrons. The van der Waals surface area contributed by atoms with Crippen molar-refractivity contribution in [2.24, 2.45) is 4.99 Å². The van der Waals surface area contributed by atoms with Crippen LogP contribution in [0.3, 0.4) is 0 Å². The van der Waals surface area contributed by atoms with E-state index in [1.54, 1.807) is 6.08 Å². The van der Waals surface area contributed by atoms with E-state index in [1.165, 1.54) is 11.0 Å². The highest BCUT2D eigenvalue weighted by atomic mass is 127. The standard InChI is InChI=1S/C19H13F2IN2O3/c20-13-2-1-3-14(21)17(13)18-23-16(9-26-18)24-10-27-15(19(24)25)8-11-4-6-12(22)7-5-11/h1-8,16H,9-10H2/b15-8+. The van der Waals surface area contributed by atoms with E-state index in [4.69, 9.17) is 9.47 Å². The molecule has 2 heterocycles. The molecule has 2 aromatic carbocycles. The zero-order chi connectivity index (χ0) is 19.0. The lowest BCUT2D eigenvalue weighted by Crippen LogP contribution is -2.36. The molecule has 0 spiro atoms. The Morgan fingerprint density at radius 3 is 2.52 bits per heavy atom. The molecule has 1 amide bonds. The maximum absolute atomic E-state index is 13.9. The highest BCUT2D eigenvalue weighted by Gasteiger charge is 2.37. The molecule has 0 N–H and O–H groups in total. The Labute approximate surface area is 167 Å². The van der Waals surface area contributed by atoms with Crippen molar-refractivity contribution in [1.82, 2.24) is 4.90 Å². The summed E-state index contributed by atoms with van der Waals surface area (Å²) in [6.45, 7) is 0.00855. The van der Waals surface area contributed by atoms with Crippen molar-refractivity contribution in [3.05, 3.63) is 74.6 Å². The van der Waals surface area contributed by atoms with Gasteiger partial charge in [-0.1, -0.05) is 18.2 Å². The molecule has 5 nitrogen and oxygen atoms in total. The predicted octanol–water partition coefficient (Wildman–Crippen LogP) is 3.53. The van der Waals surface area contributed by atoms with E-state index in [0.717, 1.165) is 21.3 Å². The van der Waals surface area contributed by atoms with Crippen LogP contribution in [0.2, 0.25) is 0 Å². The zero-order valence-electron chi connectivity index (χ0n) is 13.9. The van der Waals surface area contributed by atoms with Crippen molar-refractivity contribution in [3.8, 4) is 0 Å². The summed E-state index contributed by atoms with van der Waals surface area (Å²) in [5, 5.41) is 0. The van der Waals surface area contributed by atoms with Gasteiger partial charge >= 0.3 is 0 Å². The summed E-state index contributed by atoms with van der Waals surface area (Å²) in [7, 11) is 0. The summed E-state index contributed by atoms with van der Waals surface area (Å²) in [4.78, 5) is 18.1. The van der Waals surface area contributed by atoms with Crippen LogP contribution in [0.5, 0.6) is 0 Å². The van der Waals surface area contributed by atoms with Crippen molar-refractivity contribution in [2.45, 2.75) is 6.17 Å². The molecule has 1 atom stereocenters. The van der Waals surface area contributed by atoms with E-state index in [0.29, 0.717) is 0 Å². The van der Waals surface area contributed by atoms with Crippen molar-refractivity contribution < 1.29 is 23.0 Å². The van der Waals surface area contributed by atoms with Crippen molar-refractivity contribution in [2.75, 3.05) is 13.3 Å². The van der Waals surface area contributed by atoms with Crippen LogP contribution >= 0.6 is 22.6 Å². The van der Waals surface area contributed by atoms with Crippen LogP contribution in [0, 0.1) is 15.2 Å². The second-order valence-electron chi connectivity index (χ2n) is 5.93. The average molecular weight is 482 g/mol. The smallest absolute Gasteiger partial charge is 0.293 e. The van der Waals surface area contributed by atoms with E-state index < -0.39 is 17.8 Å². The number of benzene rings is 2. The Balaban J connectivity index is 1.54. The molecule has 2 aromatic rings. The summed E-state index contributed by atoms with van der Waals surface area (Å²) in [5.41, 5.74) is 0.503. The highest BCUT2D eigenvalue weighted by molar-refractivity contribution is 14.1. The van der Waals surface area contributed by atoms with Crippen LogP contribution in [-0.2, 0) is 14.3 Å². The Morgan fingerprint density at radius 1 is 1.11 bits per heavy atom. The molecule has 0 aliphatic carbocycles. The third-order valence-corrected chi connectivity index (χ3v) is 4.89. The minimum atomic E-state index is -0.766. The fourth-order valence-electron chi connectivity index (χ4n) is 2.80. The van der Waals surface area contributed by atoms with Crippen LogP contribution < -0.4 is 0 Å². The molecule has 1 unspecified atom stereocenters. The molecule has 8 heteroatoms. The van der Waals surface area contributed by atoms with Gasteiger partial charge in [0.05, 0.1) is 0 Å². The number of hydrogen-bond donors (Lipinski definition) is 0. The summed E-state index contributed by atoms with van der Waals surface area (Å²) < 4.78 is 39.7. The molecule has 0 aromatic heterocycles. The van der Waals surface area contributed by atoms with Gasteiger partial charge in [0, 0.05) is 3.57 Å². The Hall–Kier alpha value is -2.49. The van der Waals surface area contributed by atoms with Crippen molar-refractivity contribution in [3.63, 3.8) is 0 Å². The van der Waals surface area contributed by atoms with Gasteiger partial charge in [0.1, 0.15) is 23.8 Å². The fraction of sp³-hybridized carbons (Fsp3) is 0.158. The largest absolute Gasteiger partial charge is 0.473 e. The number of ether oxygens (including phenoxy) is 2. The zero-order valence-corrected chi connectivity index (χ0v) is 16.0. The summed E-state index contributed by atoms with van der Waals surface area (Å²) in [6, 6.07) is 11.1. The van der Waals surface area contributed by atoms with Gasteiger partial charge in [-0.05, 0) is 58.5 Å². The number of halogens is 3. The molecule has 4 rings (SSSR count). The molecule has 138 valence electrons. The maximum Gasteiger partial charge on any atom is 0.293 e. The second kappa shape index (κ2) is 7.26. The van der Waals surface area contributed by atoms with Crippen molar-refractivity contribution in [1.29, 1.82) is 0 Å². The van der Waals surface area contributed by atoms with Crippen molar-refractivity contribution >= 4 is 40.5 Å². The first-order chi connectivity index (χ1) is 13.0. The molecule has 0 saturated carbocycles. The second-order valence-corrected chi connectivity index (χ2v) is 7.18. The molecule has 0 bridgehead atoms. The lowest BCUT2D eigenvalue weighted by molar-refractivity contribution is -0.126. The van der Waals surface area contributed by atoms with Crippen LogP contribution in [0.15, 0.2) is 53.2 Å². The molecule has 2 aliphatic rings. The first-order valence-corrected chi connectivity index (χ1v) is 9.17. The number of rotatable bonds is 3. The summed E-state index contributed by atoms with van der Waals surface area (Å²) >= 11 is 2.20. The third kappa shape index (κ3) is 3.53. The van der Waals surface area contributed by atoms with Gasteiger partial charge in [0.25, 0.3) is 5.91 Å². The maximum atomic E-state index is 13.9. The molecule has 1 fully saturated rings. The fourth-order valence-corrected chi connectivity index (χ4v) is 3.16. The molecular weight excluding hydrogens is 469 g/mol. The quantitative estimate of drug-likeness (QED) is 0.497. The number of aliphatic imine (C=N–C) groups is 1. The first-order valence-electron chi connectivity index (χ1n) is 8.09. The normalized spacial score (nSPS) is 20.6. The highest BCUT2D eigenvalue weighted by Crippen LogP contribution is 2.25. The summed E-state index contributed by atoms with van der Waals surface area (Å²) in [6.07, 6.45) is 0.948. The average Bonchev–Trinajstić information content (AvgIpc) is 3.24. The molecular formula is C19H13F2IN2O3. The predicted molar refractivity (Wildman–Crippen MR) is 103 cm³/mol. The van der Waals surface area contributed by atoms with Gasteiger partial charge in [-0.15, -0.1) is 0 Å². The Bertz CT molecular complexity index is 940. The number of amides is 1. The monoisotopic (exact) mass is 482 g/mol. The first kappa shape index (κ1) is 17.9. The summed E-state index contributed by atoms with van der Waals surface area (Å²) in [5.74, 6) is -1.84. The van der Waals surface area contributed by atoms with E-state index in [2.05, 4.69) is 27.6 Å². The molecule has 2 aliphatic heterocycles. The van der Waals surface area contributed by atoms with E-state index in [1.807, 2.05) is 24.3 Å². The number of nitrogens with zero attached hydrogens (tertiary/aromatic N) is 2. The lowest BCUT2D eigenvalue weighted by Gasteiger charge is -2.15. The van der Waals surface area contributed by atoms with E-state index in [-0.39, 0.29) is 36.5 Å². The van der Waals surface area contributed by atoms with Gasteiger partial charge in [0.2, 0.25) is 5.90 Å².